The molecule has 0 saturated heterocycles. The molecular weight excluding hydrogens is 283 g/mol. The van der Waals surface area contributed by atoms with Crippen LogP contribution in [0.25, 0.3) is 0 Å². The number of nitrogens with zero attached hydrogens (tertiary/aromatic N) is 1. The zero-order chi connectivity index (χ0) is 15.3. The molecule has 7 heteroatoms. The Bertz CT molecular complexity index is 547. The summed E-state index contributed by atoms with van der Waals surface area (Å²) >= 11 is 0. The number of benzene rings is 1. The van der Waals surface area contributed by atoms with Crippen molar-refractivity contribution in [1.82, 2.24) is 9.62 Å². The molecule has 20 heavy (non-hydrogen) atoms. The summed E-state index contributed by atoms with van der Waals surface area (Å²) in [6.07, 6.45) is 0.635. The number of hydrogen-bond acceptors (Lipinski definition) is 4. The van der Waals surface area contributed by atoms with E-state index in [1.54, 1.807) is 6.92 Å². The maximum Gasteiger partial charge on any atom is 0.241 e. The van der Waals surface area contributed by atoms with Crippen molar-refractivity contribution >= 4 is 10.0 Å². The van der Waals surface area contributed by atoms with Crippen LogP contribution in [0.1, 0.15) is 18.9 Å². The summed E-state index contributed by atoms with van der Waals surface area (Å²) in [6.45, 7) is 2.03. The van der Waals surface area contributed by atoms with Crippen LogP contribution in [0, 0.1) is 5.82 Å². The molecule has 1 rings (SSSR count). The Labute approximate surface area is 119 Å². The monoisotopic (exact) mass is 304 g/mol. The molecule has 0 heterocycles. The summed E-state index contributed by atoms with van der Waals surface area (Å²) < 4.78 is 40.2. The third kappa shape index (κ3) is 4.82. The van der Waals surface area contributed by atoms with Crippen molar-refractivity contribution in [2.75, 3.05) is 20.6 Å². The summed E-state index contributed by atoms with van der Waals surface area (Å²) in [5, 5.41) is 9.16. The van der Waals surface area contributed by atoms with E-state index in [4.69, 9.17) is 5.11 Å². The summed E-state index contributed by atoms with van der Waals surface area (Å²) in [5.41, 5.74) is 0.179. The average Bonchev–Trinajstić information content (AvgIpc) is 2.36. The van der Waals surface area contributed by atoms with Gasteiger partial charge in [0, 0.05) is 6.04 Å². The molecule has 1 aromatic carbocycles. The zero-order valence-corrected chi connectivity index (χ0v) is 12.7. The third-order valence-corrected chi connectivity index (χ3v) is 4.53. The molecule has 0 aromatic heterocycles. The van der Waals surface area contributed by atoms with E-state index in [0.717, 1.165) is 18.7 Å². The third-order valence-electron chi connectivity index (χ3n) is 2.85. The molecule has 0 bridgehead atoms. The van der Waals surface area contributed by atoms with Gasteiger partial charge in [-0.05, 0) is 51.7 Å². The number of nitrogens with one attached hydrogen (secondary N) is 1. The molecule has 0 radical (unpaired) electrons. The van der Waals surface area contributed by atoms with Crippen molar-refractivity contribution in [3.8, 4) is 0 Å². The Hall–Kier alpha value is -1.02. The van der Waals surface area contributed by atoms with Crippen LogP contribution in [0.5, 0.6) is 0 Å². The van der Waals surface area contributed by atoms with Crippen LogP contribution < -0.4 is 4.72 Å². The molecule has 0 fully saturated rings. The van der Waals surface area contributed by atoms with Gasteiger partial charge in [-0.3, -0.25) is 0 Å². The van der Waals surface area contributed by atoms with E-state index < -0.39 is 22.4 Å². The minimum Gasteiger partial charge on any atom is -0.392 e. The van der Waals surface area contributed by atoms with E-state index in [1.807, 2.05) is 19.0 Å². The fraction of sp³-hybridized carbons (Fsp3) is 0.538. The highest BCUT2D eigenvalue weighted by Crippen LogP contribution is 2.18. The van der Waals surface area contributed by atoms with Gasteiger partial charge in [0.25, 0.3) is 0 Å². The zero-order valence-electron chi connectivity index (χ0n) is 11.9. The van der Waals surface area contributed by atoms with E-state index >= 15 is 0 Å². The quantitative estimate of drug-likeness (QED) is 0.786. The normalized spacial score (nSPS) is 13.7. The standard InChI is InChI=1S/C13H21FN2O3S/c1-10(6-7-16(2)3)15-20(18,19)13-8-12(14)5-4-11(13)9-17/h4-5,8,10,15,17H,6-7,9H2,1-3H3. The molecule has 0 amide bonds. The van der Waals surface area contributed by atoms with Crippen molar-refractivity contribution < 1.29 is 17.9 Å². The summed E-state index contributed by atoms with van der Waals surface area (Å²) in [6, 6.07) is 3.04. The molecule has 0 aliphatic rings. The number of aliphatic hydroxyl groups is 1. The summed E-state index contributed by atoms with van der Waals surface area (Å²) in [5.74, 6) is -0.650. The van der Waals surface area contributed by atoms with Gasteiger partial charge in [-0.15, -0.1) is 0 Å². The highest BCUT2D eigenvalue weighted by Gasteiger charge is 2.21. The van der Waals surface area contributed by atoms with Crippen LogP contribution in [-0.2, 0) is 16.6 Å². The minimum atomic E-state index is -3.84. The first-order valence-corrected chi connectivity index (χ1v) is 7.81. The molecule has 0 saturated carbocycles. The molecule has 2 N–H and O–H groups in total. The second-order valence-corrected chi connectivity index (χ2v) is 6.71. The number of hydrogen-bond donors (Lipinski definition) is 2. The van der Waals surface area contributed by atoms with E-state index in [-0.39, 0.29) is 16.5 Å². The fourth-order valence-corrected chi connectivity index (χ4v) is 3.27. The van der Waals surface area contributed by atoms with Crippen LogP contribution in [0.2, 0.25) is 0 Å². The van der Waals surface area contributed by atoms with Crippen molar-refractivity contribution in [2.45, 2.75) is 30.9 Å². The molecule has 0 spiro atoms. The van der Waals surface area contributed by atoms with Crippen LogP contribution in [0.4, 0.5) is 4.39 Å². The van der Waals surface area contributed by atoms with E-state index in [2.05, 4.69) is 4.72 Å². The Morgan fingerprint density at radius 3 is 2.60 bits per heavy atom. The predicted molar refractivity (Wildman–Crippen MR) is 75.3 cm³/mol. The van der Waals surface area contributed by atoms with Crippen LogP contribution in [0.3, 0.4) is 0 Å². The molecule has 114 valence electrons. The number of sulfonamides is 1. The lowest BCUT2D eigenvalue weighted by Crippen LogP contribution is -2.35. The van der Waals surface area contributed by atoms with Gasteiger partial charge in [0.05, 0.1) is 11.5 Å². The minimum absolute atomic E-state index is 0.179. The fourth-order valence-electron chi connectivity index (χ4n) is 1.75. The lowest BCUT2D eigenvalue weighted by Gasteiger charge is -2.18. The maximum absolute atomic E-state index is 13.2. The molecule has 1 atom stereocenters. The molecule has 0 aliphatic heterocycles. The Morgan fingerprint density at radius 2 is 2.05 bits per heavy atom. The highest BCUT2D eigenvalue weighted by molar-refractivity contribution is 7.89. The lowest BCUT2D eigenvalue weighted by molar-refractivity contribution is 0.278. The van der Waals surface area contributed by atoms with Gasteiger partial charge in [-0.1, -0.05) is 6.07 Å². The van der Waals surface area contributed by atoms with Gasteiger partial charge < -0.3 is 10.0 Å². The number of rotatable bonds is 7. The van der Waals surface area contributed by atoms with Gasteiger partial charge in [-0.25, -0.2) is 17.5 Å². The number of aliphatic hydroxyl groups excluding tert-OH is 1. The SMILES string of the molecule is CC(CCN(C)C)NS(=O)(=O)c1cc(F)ccc1CO. The van der Waals surface area contributed by atoms with Crippen molar-refractivity contribution in [3.05, 3.63) is 29.6 Å². The van der Waals surface area contributed by atoms with Crippen molar-refractivity contribution in [2.24, 2.45) is 0 Å². The van der Waals surface area contributed by atoms with Crippen molar-refractivity contribution in [3.63, 3.8) is 0 Å². The summed E-state index contributed by atoms with van der Waals surface area (Å²) in [4.78, 5) is 1.74. The first-order valence-electron chi connectivity index (χ1n) is 6.32. The average molecular weight is 304 g/mol. The topological polar surface area (TPSA) is 69.6 Å². The largest absolute Gasteiger partial charge is 0.392 e. The van der Waals surface area contributed by atoms with Gasteiger partial charge in [-0.2, -0.15) is 0 Å². The van der Waals surface area contributed by atoms with E-state index in [0.29, 0.717) is 6.42 Å². The second kappa shape index (κ2) is 7.12. The van der Waals surface area contributed by atoms with Crippen LogP contribution in [-0.4, -0.2) is 45.1 Å². The number of halogens is 1. The Morgan fingerprint density at radius 1 is 1.40 bits per heavy atom. The maximum atomic E-state index is 13.2. The van der Waals surface area contributed by atoms with Gasteiger partial charge in [0.15, 0.2) is 0 Å². The predicted octanol–water partition coefficient (Wildman–Crippen LogP) is 0.936. The van der Waals surface area contributed by atoms with Gasteiger partial charge in [0.2, 0.25) is 10.0 Å². The first kappa shape index (κ1) is 17.0. The highest BCUT2D eigenvalue weighted by atomic mass is 32.2. The molecule has 1 unspecified atom stereocenters. The van der Waals surface area contributed by atoms with Crippen molar-refractivity contribution in [1.29, 1.82) is 0 Å². The Balaban J connectivity index is 2.91. The van der Waals surface area contributed by atoms with Gasteiger partial charge >= 0.3 is 0 Å². The molecule has 0 aliphatic carbocycles. The second-order valence-electron chi connectivity index (χ2n) is 5.02. The van der Waals surface area contributed by atoms with E-state index in [9.17, 15) is 12.8 Å². The Kier molecular flexibility index (Phi) is 6.07. The molecule has 1 aromatic rings. The summed E-state index contributed by atoms with van der Waals surface area (Å²) in [7, 11) is -0.0403. The van der Waals surface area contributed by atoms with Crippen LogP contribution in [0.15, 0.2) is 23.1 Å². The first-order chi connectivity index (χ1) is 9.26. The molecule has 5 nitrogen and oxygen atoms in total. The lowest BCUT2D eigenvalue weighted by atomic mass is 10.2. The molecular formula is C13H21FN2O3S. The van der Waals surface area contributed by atoms with E-state index in [1.165, 1.54) is 6.07 Å². The smallest absolute Gasteiger partial charge is 0.241 e. The van der Waals surface area contributed by atoms with Crippen LogP contribution >= 0.6 is 0 Å². The van der Waals surface area contributed by atoms with Gasteiger partial charge in [0.1, 0.15) is 5.82 Å².